The average molecular weight is 248 g/mol. The lowest BCUT2D eigenvalue weighted by molar-refractivity contribution is 0.0862. The van der Waals surface area contributed by atoms with E-state index in [2.05, 4.69) is 6.07 Å². The lowest BCUT2D eigenvalue weighted by Gasteiger charge is -2.35. The molecule has 0 amide bonds. The van der Waals surface area contributed by atoms with E-state index in [1.54, 1.807) is 0 Å². The minimum absolute atomic E-state index is 0.325. The maximum Gasteiger partial charge on any atom is 0.128 e. The van der Waals surface area contributed by atoms with Gasteiger partial charge in [-0.25, -0.2) is 4.39 Å². The number of rotatable bonds is 2. The second-order valence-corrected chi connectivity index (χ2v) is 5.63. The van der Waals surface area contributed by atoms with E-state index in [0.717, 1.165) is 24.2 Å². The molecule has 0 bridgehead atoms. The molecule has 3 rings (SSSR count). The number of ether oxygens (including phenoxy) is 1. The lowest BCUT2D eigenvalue weighted by atomic mass is 9.82. The van der Waals surface area contributed by atoms with Crippen molar-refractivity contribution in [3.8, 4) is 5.75 Å². The van der Waals surface area contributed by atoms with Crippen LogP contribution in [0.1, 0.15) is 49.7 Å². The summed E-state index contributed by atoms with van der Waals surface area (Å²) < 4.78 is 19.2. The zero-order valence-corrected chi connectivity index (χ0v) is 10.8. The number of halogens is 1. The molecule has 98 valence electrons. The second kappa shape index (κ2) is 5.29. The highest BCUT2D eigenvalue weighted by atomic mass is 19.1. The fourth-order valence-electron chi connectivity index (χ4n) is 3.44. The molecule has 1 aliphatic heterocycles. The van der Waals surface area contributed by atoms with Gasteiger partial charge in [0.2, 0.25) is 0 Å². The molecule has 1 saturated carbocycles. The van der Waals surface area contributed by atoms with E-state index in [-0.39, 0.29) is 0 Å². The van der Waals surface area contributed by atoms with Crippen molar-refractivity contribution in [2.45, 2.75) is 57.7 Å². The summed E-state index contributed by atoms with van der Waals surface area (Å²) in [5.41, 5.74) is 1.92. The van der Waals surface area contributed by atoms with Crippen LogP contribution in [-0.4, -0.2) is 6.10 Å². The van der Waals surface area contributed by atoms with Gasteiger partial charge in [-0.05, 0) is 37.2 Å². The SMILES string of the molecule is FCc1cccc2c1OC(C1CCCCC1)CC2. The molecule has 0 radical (unpaired) electrons. The van der Waals surface area contributed by atoms with E-state index in [4.69, 9.17) is 4.74 Å². The van der Waals surface area contributed by atoms with Crippen molar-refractivity contribution in [1.82, 2.24) is 0 Å². The third kappa shape index (κ3) is 2.25. The Balaban J connectivity index is 1.79. The molecule has 1 nitrogen and oxygen atoms in total. The molecule has 1 heterocycles. The minimum Gasteiger partial charge on any atom is -0.489 e. The van der Waals surface area contributed by atoms with Crippen LogP contribution in [0.3, 0.4) is 0 Å². The van der Waals surface area contributed by atoms with Gasteiger partial charge in [-0.15, -0.1) is 0 Å². The maximum absolute atomic E-state index is 13.0. The zero-order valence-electron chi connectivity index (χ0n) is 10.8. The summed E-state index contributed by atoms with van der Waals surface area (Å²) in [6.45, 7) is -0.416. The minimum atomic E-state index is -0.416. The molecule has 0 aromatic heterocycles. The number of fused-ring (bicyclic) bond motifs is 1. The van der Waals surface area contributed by atoms with Crippen molar-refractivity contribution in [1.29, 1.82) is 0 Å². The van der Waals surface area contributed by atoms with Crippen LogP contribution in [0.15, 0.2) is 18.2 Å². The molecule has 0 N–H and O–H groups in total. The van der Waals surface area contributed by atoms with E-state index >= 15 is 0 Å². The molecule has 2 heteroatoms. The van der Waals surface area contributed by atoms with Gasteiger partial charge >= 0.3 is 0 Å². The number of hydrogen-bond acceptors (Lipinski definition) is 1. The van der Waals surface area contributed by atoms with Gasteiger partial charge in [0.25, 0.3) is 0 Å². The van der Waals surface area contributed by atoms with Crippen molar-refractivity contribution in [2.24, 2.45) is 5.92 Å². The van der Waals surface area contributed by atoms with Gasteiger partial charge in [0.05, 0.1) is 0 Å². The summed E-state index contributed by atoms with van der Waals surface area (Å²) in [5.74, 6) is 1.54. The van der Waals surface area contributed by atoms with Gasteiger partial charge in [0, 0.05) is 5.56 Å². The third-order valence-corrected chi connectivity index (χ3v) is 4.47. The van der Waals surface area contributed by atoms with Gasteiger partial charge in [0.15, 0.2) is 0 Å². The largest absolute Gasteiger partial charge is 0.489 e. The van der Waals surface area contributed by atoms with E-state index in [0.29, 0.717) is 12.0 Å². The van der Waals surface area contributed by atoms with Crippen LogP contribution in [0, 0.1) is 5.92 Å². The van der Waals surface area contributed by atoms with Crippen molar-refractivity contribution in [2.75, 3.05) is 0 Å². The van der Waals surface area contributed by atoms with E-state index < -0.39 is 6.67 Å². The maximum atomic E-state index is 13.0. The van der Waals surface area contributed by atoms with Crippen molar-refractivity contribution in [3.63, 3.8) is 0 Å². The van der Waals surface area contributed by atoms with Crippen molar-refractivity contribution < 1.29 is 9.13 Å². The summed E-state index contributed by atoms with van der Waals surface area (Å²) >= 11 is 0. The summed E-state index contributed by atoms with van der Waals surface area (Å²) in [7, 11) is 0. The topological polar surface area (TPSA) is 9.23 Å². The molecule has 18 heavy (non-hydrogen) atoms. The molecule has 1 fully saturated rings. The number of alkyl halides is 1. The number of hydrogen-bond donors (Lipinski definition) is 0. The predicted molar refractivity (Wildman–Crippen MR) is 70.6 cm³/mol. The van der Waals surface area contributed by atoms with Crippen LogP contribution in [0.2, 0.25) is 0 Å². The van der Waals surface area contributed by atoms with E-state index in [1.165, 1.54) is 37.7 Å². The molecule has 0 spiro atoms. The van der Waals surface area contributed by atoms with Crippen LogP contribution in [0.4, 0.5) is 4.39 Å². The van der Waals surface area contributed by atoms with Crippen LogP contribution < -0.4 is 4.74 Å². The smallest absolute Gasteiger partial charge is 0.128 e. The summed E-state index contributed by atoms with van der Waals surface area (Å²) in [4.78, 5) is 0. The number of benzene rings is 1. The Morgan fingerprint density at radius 1 is 1.11 bits per heavy atom. The summed E-state index contributed by atoms with van der Waals surface area (Å²) in [6.07, 6.45) is 9.10. The van der Waals surface area contributed by atoms with Gasteiger partial charge in [0.1, 0.15) is 18.5 Å². The van der Waals surface area contributed by atoms with Gasteiger partial charge in [-0.2, -0.15) is 0 Å². The van der Waals surface area contributed by atoms with Crippen LogP contribution in [0.25, 0.3) is 0 Å². The van der Waals surface area contributed by atoms with E-state index in [1.807, 2.05) is 12.1 Å². The normalized spacial score (nSPS) is 24.4. The lowest BCUT2D eigenvalue weighted by Crippen LogP contribution is -2.32. The summed E-state index contributed by atoms with van der Waals surface area (Å²) in [6, 6.07) is 5.87. The predicted octanol–water partition coefficient (Wildman–Crippen LogP) is 4.43. The first-order valence-electron chi connectivity index (χ1n) is 7.22. The molecular formula is C16H21FO. The Kier molecular flexibility index (Phi) is 3.53. The first-order valence-corrected chi connectivity index (χ1v) is 7.22. The Morgan fingerprint density at radius 2 is 1.94 bits per heavy atom. The Labute approximate surface area is 108 Å². The molecule has 2 aliphatic rings. The van der Waals surface area contributed by atoms with E-state index in [9.17, 15) is 4.39 Å². The highest BCUT2D eigenvalue weighted by Gasteiger charge is 2.29. The van der Waals surface area contributed by atoms with Crippen LogP contribution in [-0.2, 0) is 13.1 Å². The molecule has 0 saturated heterocycles. The third-order valence-electron chi connectivity index (χ3n) is 4.47. The number of aryl methyl sites for hydroxylation is 1. The van der Waals surface area contributed by atoms with Crippen LogP contribution >= 0.6 is 0 Å². The zero-order chi connectivity index (χ0) is 12.4. The van der Waals surface area contributed by atoms with Crippen molar-refractivity contribution >= 4 is 0 Å². The van der Waals surface area contributed by atoms with Gasteiger partial charge < -0.3 is 4.74 Å². The quantitative estimate of drug-likeness (QED) is 0.752. The highest BCUT2D eigenvalue weighted by Crippen LogP contribution is 2.37. The van der Waals surface area contributed by atoms with Gasteiger partial charge in [-0.3, -0.25) is 0 Å². The summed E-state index contributed by atoms with van der Waals surface area (Å²) in [5, 5.41) is 0. The first-order chi connectivity index (χ1) is 8.88. The standard InChI is InChI=1S/C16H21FO/c17-11-14-8-4-7-13-9-10-15(18-16(13)14)12-5-2-1-3-6-12/h4,7-8,12,15H,1-3,5-6,9-11H2. The second-order valence-electron chi connectivity index (χ2n) is 5.63. The van der Waals surface area contributed by atoms with Crippen molar-refractivity contribution in [3.05, 3.63) is 29.3 Å². The molecule has 1 aromatic carbocycles. The highest BCUT2D eigenvalue weighted by molar-refractivity contribution is 5.42. The molecule has 1 aromatic rings. The molecule has 1 aliphatic carbocycles. The molecular weight excluding hydrogens is 227 g/mol. The van der Waals surface area contributed by atoms with Gasteiger partial charge in [-0.1, -0.05) is 37.5 Å². The Hall–Kier alpha value is -1.05. The monoisotopic (exact) mass is 248 g/mol. The fraction of sp³-hybridized carbons (Fsp3) is 0.625. The number of para-hydroxylation sites is 1. The first kappa shape index (κ1) is 12.0. The Morgan fingerprint density at radius 3 is 2.72 bits per heavy atom. The molecule has 1 unspecified atom stereocenters. The van der Waals surface area contributed by atoms with Crippen LogP contribution in [0.5, 0.6) is 5.75 Å². The average Bonchev–Trinajstić information content (AvgIpc) is 2.47. The fourth-order valence-corrected chi connectivity index (χ4v) is 3.44. The molecule has 1 atom stereocenters. The Bertz CT molecular complexity index is 395.